The topological polar surface area (TPSA) is 97.9 Å². The van der Waals surface area contributed by atoms with Crippen LogP contribution in [-0.2, 0) is 0 Å². The van der Waals surface area contributed by atoms with E-state index in [1.165, 1.54) is 6.26 Å². The molecule has 154 valence electrons. The van der Waals surface area contributed by atoms with E-state index in [4.69, 9.17) is 21.0 Å². The first-order valence-corrected chi connectivity index (χ1v) is 9.98. The lowest BCUT2D eigenvalue weighted by atomic mass is 10.2. The molecule has 30 heavy (non-hydrogen) atoms. The third-order valence-corrected chi connectivity index (χ3v) is 4.81. The maximum atomic E-state index is 12.0. The lowest BCUT2D eigenvalue weighted by Gasteiger charge is -2.12. The molecule has 0 radical (unpaired) electrons. The monoisotopic (exact) mass is 424 g/mol. The normalized spacial score (nSPS) is 11.2. The van der Waals surface area contributed by atoms with Gasteiger partial charge in [0.15, 0.2) is 11.4 Å². The van der Waals surface area contributed by atoms with Crippen LogP contribution in [0.2, 0.25) is 5.02 Å². The molecule has 0 spiro atoms. The Hall–Kier alpha value is -3.39. The Morgan fingerprint density at radius 1 is 1.17 bits per heavy atom. The van der Waals surface area contributed by atoms with Gasteiger partial charge in [-0.2, -0.15) is 5.10 Å². The molecule has 0 atom stereocenters. The van der Waals surface area contributed by atoms with Gasteiger partial charge in [-0.25, -0.2) is 14.6 Å². The lowest BCUT2D eigenvalue weighted by Crippen LogP contribution is -2.28. The van der Waals surface area contributed by atoms with Crippen molar-refractivity contribution in [2.75, 3.05) is 18.4 Å². The van der Waals surface area contributed by atoms with Crippen LogP contribution >= 0.6 is 11.6 Å². The van der Waals surface area contributed by atoms with Gasteiger partial charge in [0.2, 0.25) is 0 Å². The van der Waals surface area contributed by atoms with Gasteiger partial charge >= 0.3 is 0 Å². The maximum Gasteiger partial charge on any atom is 0.287 e. The highest BCUT2D eigenvalue weighted by Crippen LogP contribution is 2.27. The molecule has 1 aromatic carbocycles. The van der Waals surface area contributed by atoms with E-state index in [1.54, 1.807) is 23.0 Å². The van der Waals surface area contributed by atoms with Gasteiger partial charge in [-0.15, -0.1) is 0 Å². The summed E-state index contributed by atoms with van der Waals surface area (Å²) < 4.78 is 6.81. The minimum Gasteiger partial charge on any atom is -0.459 e. The van der Waals surface area contributed by atoms with Crippen molar-refractivity contribution in [1.29, 1.82) is 0 Å². The van der Waals surface area contributed by atoms with Crippen molar-refractivity contribution in [3.8, 4) is 5.69 Å². The number of hydrogen-bond donors (Lipinski definition) is 2. The van der Waals surface area contributed by atoms with Crippen molar-refractivity contribution in [3.05, 3.63) is 65.5 Å². The van der Waals surface area contributed by atoms with Crippen molar-refractivity contribution in [2.24, 2.45) is 0 Å². The molecule has 0 saturated carbocycles. The summed E-state index contributed by atoms with van der Waals surface area (Å²) in [7, 11) is 0. The smallest absolute Gasteiger partial charge is 0.287 e. The zero-order valence-corrected chi connectivity index (χ0v) is 17.3. The standard InChI is InChI=1S/C21H21ClN6O2/c1-13(2)18-26-19(23-9-10-24-21(29)17-8-5-11-30-17)14-12-25-28(20(14)27-18)16-7-4-3-6-15(16)22/h3-8,11-13H,9-10H2,1-2H3,(H,24,29)(H,23,26,27). The first-order valence-electron chi connectivity index (χ1n) is 9.60. The number of nitrogens with zero attached hydrogens (tertiary/aromatic N) is 4. The van der Waals surface area contributed by atoms with E-state index in [0.29, 0.717) is 35.4 Å². The van der Waals surface area contributed by atoms with E-state index in [-0.39, 0.29) is 17.6 Å². The van der Waals surface area contributed by atoms with Crippen LogP contribution in [0.15, 0.2) is 53.3 Å². The summed E-state index contributed by atoms with van der Waals surface area (Å²) in [5.74, 6) is 1.50. The van der Waals surface area contributed by atoms with Crippen LogP contribution in [0.25, 0.3) is 16.7 Å². The molecule has 2 N–H and O–H groups in total. The van der Waals surface area contributed by atoms with Crippen molar-refractivity contribution >= 4 is 34.4 Å². The number of benzene rings is 1. The zero-order chi connectivity index (χ0) is 21.1. The Kier molecular flexibility index (Phi) is 5.67. The van der Waals surface area contributed by atoms with E-state index >= 15 is 0 Å². The number of aromatic nitrogens is 4. The number of anilines is 1. The number of fused-ring (bicyclic) bond motifs is 1. The fourth-order valence-corrected chi connectivity index (χ4v) is 3.19. The Morgan fingerprint density at radius 3 is 2.73 bits per heavy atom. The number of nitrogens with one attached hydrogen (secondary N) is 2. The average Bonchev–Trinajstić information content (AvgIpc) is 3.41. The molecule has 0 unspecified atom stereocenters. The predicted molar refractivity (Wildman–Crippen MR) is 115 cm³/mol. The van der Waals surface area contributed by atoms with Crippen LogP contribution in [0.3, 0.4) is 0 Å². The minimum atomic E-state index is -0.260. The van der Waals surface area contributed by atoms with Gasteiger partial charge in [-0.3, -0.25) is 4.79 Å². The van der Waals surface area contributed by atoms with E-state index < -0.39 is 0 Å². The molecule has 0 bridgehead atoms. The van der Waals surface area contributed by atoms with Crippen LogP contribution in [-0.4, -0.2) is 38.7 Å². The van der Waals surface area contributed by atoms with Gasteiger partial charge in [-0.1, -0.05) is 37.6 Å². The maximum absolute atomic E-state index is 12.0. The van der Waals surface area contributed by atoms with Gasteiger partial charge in [-0.05, 0) is 24.3 Å². The molecule has 0 fully saturated rings. The number of carbonyl (C=O) groups is 1. The molecule has 0 saturated heterocycles. The summed E-state index contributed by atoms with van der Waals surface area (Å²) in [5.41, 5.74) is 1.42. The number of halogens is 1. The van der Waals surface area contributed by atoms with E-state index in [1.807, 2.05) is 38.1 Å². The zero-order valence-electron chi connectivity index (χ0n) is 16.6. The van der Waals surface area contributed by atoms with Gasteiger partial charge in [0, 0.05) is 19.0 Å². The Balaban J connectivity index is 1.58. The summed E-state index contributed by atoms with van der Waals surface area (Å²) in [5, 5.41) is 11.9. The molecule has 0 aliphatic rings. The summed E-state index contributed by atoms with van der Waals surface area (Å²) in [6.07, 6.45) is 3.18. The highest BCUT2D eigenvalue weighted by atomic mass is 35.5. The fourth-order valence-electron chi connectivity index (χ4n) is 2.97. The molecule has 8 nitrogen and oxygen atoms in total. The SMILES string of the molecule is CC(C)c1nc(NCCNC(=O)c2ccco2)c2cnn(-c3ccccc3Cl)c2n1. The van der Waals surface area contributed by atoms with Crippen LogP contribution in [0.4, 0.5) is 5.82 Å². The van der Waals surface area contributed by atoms with Crippen LogP contribution in [0.1, 0.15) is 36.1 Å². The van der Waals surface area contributed by atoms with E-state index in [2.05, 4.69) is 20.7 Å². The number of rotatable bonds is 7. The first-order chi connectivity index (χ1) is 14.5. The molecule has 0 aliphatic carbocycles. The van der Waals surface area contributed by atoms with Crippen molar-refractivity contribution in [2.45, 2.75) is 19.8 Å². The van der Waals surface area contributed by atoms with Crippen LogP contribution in [0.5, 0.6) is 0 Å². The van der Waals surface area contributed by atoms with Crippen LogP contribution < -0.4 is 10.6 Å². The molecular weight excluding hydrogens is 404 g/mol. The predicted octanol–water partition coefficient (Wildman–Crippen LogP) is 4.03. The number of furan rings is 1. The van der Waals surface area contributed by atoms with Gasteiger partial charge in [0.1, 0.15) is 11.6 Å². The molecule has 4 rings (SSSR count). The summed E-state index contributed by atoms with van der Waals surface area (Å²) in [4.78, 5) is 21.3. The highest BCUT2D eigenvalue weighted by Gasteiger charge is 2.17. The van der Waals surface area contributed by atoms with Gasteiger partial charge < -0.3 is 15.1 Å². The second kappa shape index (κ2) is 8.54. The highest BCUT2D eigenvalue weighted by molar-refractivity contribution is 6.32. The lowest BCUT2D eigenvalue weighted by molar-refractivity contribution is 0.0927. The second-order valence-corrected chi connectivity index (χ2v) is 7.40. The fraction of sp³-hybridized carbons (Fsp3) is 0.238. The molecular formula is C21H21ClN6O2. The van der Waals surface area contributed by atoms with E-state index in [9.17, 15) is 4.79 Å². The molecule has 9 heteroatoms. The second-order valence-electron chi connectivity index (χ2n) is 6.99. The van der Waals surface area contributed by atoms with E-state index in [0.717, 1.165) is 11.1 Å². The van der Waals surface area contributed by atoms with Gasteiger partial charge in [0.25, 0.3) is 5.91 Å². The van der Waals surface area contributed by atoms with Crippen LogP contribution in [0, 0.1) is 0 Å². The van der Waals surface area contributed by atoms with Crippen molar-refractivity contribution in [3.63, 3.8) is 0 Å². The molecule has 3 heterocycles. The number of para-hydroxylation sites is 1. The molecule has 4 aromatic rings. The molecule has 0 aliphatic heterocycles. The minimum absolute atomic E-state index is 0.128. The number of carbonyl (C=O) groups excluding carboxylic acids is 1. The number of amides is 1. The third kappa shape index (κ3) is 3.99. The molecule has 1 amide bonds. The van der Waals surface area contributed by atoms with Crippen molar-refractivity contribution in [1.82, 2.24) is 25.1 Å². The van der Waals surface area contributed by atoms with Gasteiger partial charge in [0.05, 0.1) is 28.6 Å². The largest absolute Gasteiger partial charge is 0.459 e. The van der Waals surface area contributed by atoms with Crippen molar-refractivity contribution < 1.29 is 9.21 Å². The first kappa shape index (κ1) is 19.9. The quantitative estimate of drug-likeness (QED) is 0.435. The molecule has 3 aromatic heterocycles. The third-order valence-electron chi connectivity index (χ3n) is 4.49. The average molecular weight is 425 g/mol. The summed E-state index contributed by atoms with van der Waals surface area (Å²) in [6.45, 7) is 4.95. The Labute approximate surface area is 178 Å². The Morgan fingerprint density at radius 2 is 2.00 bits per heavy atom. The summed E-state index contributed by atoms with van der Waals surface area (Å²) >= 11 is 6.36. The Bertz CT molecular complexity index is 1170. The number of hydrogen-bond acceptors (Lipinski definition) is 6. The summed E-state index contributed by atoms with van der Waals surface area (Å²) in [6, 6.07) is 10.8.